The summed E-state index contributed by atoms with van der Waals surface area (Å²) in [5.41, 5.74) is 0.530. The Kier molecular flexibility index (Phi) is 4.83. The maximum Gasteiger partial charge on any atom is 0.238 e. The predicted molar refractivity (Wildman–Crippen MR) is 93.0 cm³/mol. The highest BCUT2D eigenvalue weighted by atomic mass is 32.2. The number of benzene rings is 1. The summed E-state index contributed by atoms with van der Waals surface area (Å²) in [6.45, 7) is 3.32. The average Bonchev–Trinajstić information content (AvgIpc) is 3.31. The summed E-state index contributed by atoms with van der Waals surface area (Å²) in [6.07, 6.45) is 2.27. The molecule has 1 aromatic carbocycles. The first-order valence-corrected chi connectivity index (χ1v) is 10.0. The van der Waals surface area contributed by atoms with Gasteiger partial charge in [-0.15, -0.1) is 0 Å². The summed E-state index contributed by atoms with van der Waals surface area (Å²) in [6, 6.07) is 5.77. The number of carbonyl (C=O) groups excluding carboxylic acids is 2. The van der Waals surface area contributed by atoms with Gasteiger partial charge in [0.15, 0.2) is 0 Å². The van der Waals surface area contributed by atoms with Crippen molar-refractivity contribution in [1.82, 2.24) is 4.90 Å². The van der Waals surface area contributed by atoms with Crippen molar-refractivity contribution in [3.63, 3.8) is 0 Å². The van der Waals surface area contributed by atoms with Gasteiger partial charge >= 0.3 is 0 Å². The van der Waals surface area contributed by atoms with E-state index in [2.05, 4.69) is 12.2 Å². The molecule has 0 unspecified atom stereocenters. The van der Waals surface area contributed by atoms with Crippen LogP contribution in [0.3, 0.4) is 0 Å². The van der Waals surface area contributed by atoms with Crippen LogP contribution in [-0.4, -0.2) is 38.2 Å². The molecule has 0 radical (unpaired) electrons. The van der Waals surface area contributed by atoms with Crippen LogP contribution in [0.1, 0.15) is 26.2 Å². The molecule has 3 N–H and O–H groups in total. The van der Waals surface area contributed by atoms with Crippen molar-refractivity contribution >= 4 is 27.5 Å². The second-order valence-electron chi connectivity index (χ2n) is 6.98. The number of amides is 2. The molecule has 1 heterocycles. The molecule has 0 aromatic heterocycles. The number of hydrogen-bond acceptors (Lipinski definition) is 4. The van der Waals surface area contributed by atoms with E-state index >= 15 is 0 Å². The van der Waals surface area contributed by atoms with Crippen LogP contribution in [0, 0.1) is 17.8 Å². The maximum absolute atomic E-state index is 12.4. The number of piperidine rings is 1. The maximum atomic E-state index is 12.4. The molecule has 7 nitrogen and oxygen atoms in total. The molecule has 3 rings (SSSR count). The van der Waals surface area contributed by atoms with Crippen molar-refractivity contribution in [2.24, 2.45) is 22.9 Å². The number of anilines is 1. The highest BCUT2D eigenvalue weighted by Crippen LogP contribution is 2.39. The lowest BCUT2D eigenvalue weighted by molar-refractivity contribution is -0.136. The molecule has 136 valence electrons. The van der Waals surface area contributed by atoms with Crippen molar-refractivity contribution in [3.8, 4) is 0 Å². The Morgan fingerprint density at radius 3 is 2.20 bits per heavy atom. The predicted octanol–water partition coefficient (Wildman–Crippen LogP) is 1.17. The third-order valence-corrected chi connectivity index (χ3v) is 5.98. The summed E-state index contributed by atoms with van der Waals surface area (Å²) in [5, 5.41) is 7.85. The molecule has 1 saturated carbocycles. The van der Waals surface area contributed by atoms with Crippen LogP contribution in [0.5, 0.6) is 0 Å². The van der Waals surface area contributed by atoms with E-state index in [-0.39, 0.29) is 28.5 Å². The number of nitrogens with zero attached hydrogens (tertiary/aromatic N) is 1. The number of nitrogens with one attached hydrogen (secondary N) is 1. The number of carbonyl (C=O) groups is 2. The molecule has 1 aromatic rings. The lowest BCUT2D eigenvalue weighted by atomic mass is 9.95. The Hall–Kier alpha value is -1.93. The van der Waals surface area contributed by atoms with E-state index in [0.717, 1.165) is 6.42 Å². The Balaban J connectivity index is 1.52. The van der Waals surface area contributed by atoms with Crippen LogP contribution >= 0.6 is 0 Å². The second kappa shape index (κ2) is 6.76. The monoisotopic (exact) mass is 365 g/mol. The van der Waals surface area contributed by atoms with Gasteiger partial charge in [0, 0.05) is 30.6 Å². The van der Waals surface area contributed by atoms with Gasteiger partial charge in [0.2, 0.25) is 21.8 Å². The Morgan fingerprint density at radius 2 is 1.72 bits per heavy atom. The molecular weight excluding hydrogens is 342 g/mol. The Bertz CT molecular complexity index is 768. The number of rotatable bonds is 4. The summed E-state index contributed by atoms with van der Waals surface area (Å²) < 4.78 is 22.5. The summed E-state index contributed by atoms with van der Waals surface area (Å²) >= 11 is 0. The smallest absolute Gasteiger partial charge is 0.238 e. The molecule has 2 fully saturated rings. The first-order chi connectivity index (χ1) is 11.8. The molecule has 8 heteroatoms. The standard InChI is InChI=1S/C17H23N3O4S/c1-11-10-15(11)17(22)20-8-6-12(7-9-20)16(21)19-13-2-4-14(5-3-13)25(18,23)24/h2-5,11-12,15H,6-10H2,1H3,(H,19,21)(H2,18,23,24)/t11-,15-/m1/s1. The normalized spacial score (nSPS) is 24.0. The summed E-state index contributed by atoms with van der Waals surface area (Å²) in [5.74, 6) is 0.662. The molecule has 1 saturated heterocycles. The van der Waals surface area contributed by atoms with Gasteiger partial charge in [0.1, 0.15) is 0 Å². The number of hydrogen-bond donors (Lipinski definition) is 2. The van der Waals surface area contributed by atoms with E-state index in [9.17, 15) is 18.0 Å². The fraction of sp³-hybridized carbons (Fsp3) is 0.529. The minimum atomic E-state index is -3.74. The van der Waals surface area contributed by atoms with Crippen LogP contribution in [0.2, 0.25) is 0 Å². The minimum Gasteiger partial charge on any atom is -0.342 e. The van der Waals surface area contributed by atoms with Gasteiger partial charge in [-0.3, -0.25) is 9.59 Å². The van der Waals surface area contributed by atoms with E-state index in [1.54, 1.807) is 0 Å². The molecule has 25 heavy (non-hydrogen) atoms. The molecule has 2 aliphatic rings. The Morgan fingerprint density at radius 1 is 1.16 bits per heavy atom. The van der Waals surface area contributed by atoms with Gasteiger partial charge in [-0.1, -0.05) is 6.92 Å². The molecule has 1 aliphatic heterocycles. The van der Waals surface area contributed by atoms with E-state index in [1.807, 2.05) is 4.90 Å². The second-order valence-corrected chi connectivity index (χ2v) is 8.54. The zero-order chi connectivity index (χ0) is 18.2. The Labute approximate surface area is 147 Å². The first-order valence-electron chi connectivity index (χ1n) is 8.48. The molecule has 2 amide bonds. The third kappa shape index (κ3) is 4.19. The zero-order valence-corrected chi connectivity index (χ0v) is 15.0. The van der Waals surface area contributed by atoms with Crippen molar-refractivity contribution < 1.29 is 18.0 Å². The largest absolute Gasteiger partial charge is 0.342 e. The van der Waals surface area contributed by atoms with Crippen molar-refractivity contribution in [2.75, 3.05) is 18.4 Å². The number of primary sulfonamides is 1. The molecule has 2 atom stereocenters. The van der Waals surface area contributed by atoms with Crippen LogP contribution in [0.15, 0.2) is 29.2 Å². The first kappa shape index (κ1) is 17.9. The lowest BCUT2D eigenvalue weighted by Crippen LogP contribution is -2.42. The molecule has 1 aliphatic carbocycles. The van der Waals surface area contributed by atoms with E-state index in [4.69, 9.17) is 5.14 Å². The fourth-order valence-corrected chi connectivity index (χ4v) is 3.75. The third-order valence-electron chi connectivity index (χ3n) is 5.05. The summed E-state index contributed by atoms with van der Waals surface area (Å²) in [4.78, 5) is 26.5. The van der Waals surface area contributed by atoms with Crippen LogP contribution < -0.4 is 10.5 Å². The lowest BCUT2D eigenvalue weighted by Gasteiger charge is -2.31. The van der Waals surface area contributed by atoms with Gasteiger partial charge in [-0.05, 0) is 49.4 Å². The number of sulfonamides is 1. The van der Waals surface area contributed by atoms with Gasteiger partial charge in [-0.2, -0.15) is 0 Å². The summed E-state index contributed by atoms with van der Waals surface area (Å²) in [7, 11) is -3.74. The number of nitrogens with two attached hydrogens (primary N) is 1. The SMILES string of the molecule is C[C@@H]1C[C@H]1C(=O)N1CCC(C(=O)Nc2ccc(S(N)(=O)=O)cc2)CC1. The van der Waals surface area contributed by atoms with Gasteiger partial charge < -0.3 is 10.2 Å². The van der Waals surface area contributed by atoms with Crippen LogP contribution in [0.25, 0.3) is 0 Å². The average molecular weight is 365 g/mol. The van der Waals surface area contributed by atoms with Gasteiger partial charge in [-0.25, -0.2) is 13.6 Å². The quantitative estimate of drug-likeness (QED) is 0.834. The van der Waals surface area contributed by atoms with E-state index in [1.165, 1.54) is 24.3 Å². The van der Waals surface area contributed by atoms with E-state index in [0.29, 0.717) is 37.5 Å². The molecule has 0 spiro atoms. The molecule has 0 bridgehead atoms. The topological polar surface area (TPSA) is 110 Å². The van der Waals surface area contributed by atoms with Crippen molar-refractivity contribution in [1.29, 1.82) is 0 Å². The van der Waals surface area contributed by atoms with Crippen molar-refractivity contribution in [3.05, 3.63) is 24.3 Å². The van der Waals surface area contributed by atoms with Crippen molar-refractivity contribution in [2.45, 2.75) is 31.1 Å². The van der Waals surface area contributed by atoms with Crippen LogP contribution in [0.4, 0.5) is 5.69 Å². The highest BCUT2D eigenvalue weighted by molar-refractivity contribution is 7.89. The fourth-order valence-electron chi connectivity index (χ4n) is 3.24. The highest BCUT2D eigenvalue weighted by Gasteiger charge is 2.42. The minimum absolute atomic E-state index is 0.00613. The number of likely N-dealkylation sites (tertiary alicyclic amines) is 1. The zero-order valence-electron chi connectivity index (χ0n) is 14.1. The molecular formula is C17H23N3O4S. The van der Waals surface area contributed by atoms with E-state index < -0.39 is 10.0 Å². The van der Waals surface area contributed by atoms with Gasteiger partial charge in [0.05, 0.1) is 4.90 Å². The van der Waals surface area contributed by atoms with Gasteiger partial charge in [0.25, 0.3) is 0 Å². The van der Waals surface area contributed by atoms with Crippen LogP contribution in [-0.2, 0) is 19.6 Å².